The van der Waals surface area contributed by atoms with Crippen LogP contribution in [0.25, 0.3) is 10.2 Å². The predicted molar refractivity (Wildman–Crippen MR) is 107 cm³/mol. The third kappa shape index (κ3) is 4.26. The lowest BCUT2D eigenvalue weighted by atomic mass is 10.2. The number of carbonyl (C=O) groups excluding carboxylic acids is 1. The SMILES string of the molecule is CCCCCn1c(=O)n(CC(=O)NCCCC)c(=O)c2c(C)c(C)sc21. The first-order chi connectivity index (χ1) is 12.4. The number of hydrogen-bond acceptors (Lipinski definition) is 4. The molecule has 0 fully saturated rings. The molecule has 0 saturated carbocycles. The molecule has 6 nitrogen and oxygen atoms in total. The molecule has 0 aliphatic rings. The molecule has 0 aliphatic heterocycles. The third-order valence-corrected chi connectivity index (χ3v) is 5.90. The fourth-order valence-electron chi connectivity index (χ4n) is 2.97. The van der Waals surface area contributed by atoms with Crippen LogP contribution in [0.3, 0.4) is 0 Å². The summed E-state index contributed by atoms with van der Waals surface area (Å²) in [5.74, 6) is -0.290. The second kappa shape index (κ2) is 9.16. The van der Waals surface area contributed by atoms with Gasteiger partial charge < -0.3 is 5.32 Å². The molecule has 1 amide bonds. The van der Waals surface area contributed by atoms with Crippen molar-refractivity contribution in [3.63, 3.8) is 0 Å². The van der Waals surface area contributed by atoms with Gasteiger partial charge in [-0.1, -0.05) is 33.1 Å². The number of hydrogen-bond donors (Lipinski definition) is 1. The zero-order chi connectivity index (χ0) is 19.3. The number of fused-ring (bicyclic) bond motifs is 1. The number of amides is 1. The molecule has 2 aromatic rings. The Morgan fingerprint density at radius 2 is 1.73 bits per heavy atom. The molecule has 0 spiro atoms. The van der Waals surface area contributed by atoms with Crippen molar-refractivity contribution in [2.75, 3.05) is 6.54 Å². The van der Waals surface area contributed by atoms with E-state index in [2.05, 4.69) is 12.2 Å². The molecule has 26 heavy (non-hydrogen) atoms. The van der Waals surface area contributed by atoms with Crippen molar-refractivity contribution < 1.29 is 4.79 Å². The van der Waals surface area contributed by atoms with Crippen LogP contribution in [0.15, 0.2) is 9.59 Å². The van der Waals surface area contributed by atoms with E-state index in [1.54, 1.807) is 4.57 Å². The summed E-state index contributed by atoms with van der Waals surface area (Å²) >= 11 is 1.49. The summed E-state index contributed by atoms with van der Waals surface area (Å²) in [6, 6.07) is 0. The smallest absolute Gasteiger partial charge is 0.332 e. The van der Waals surface area contributed by atoms with E-state index >= 15 is 0 Å². The van der Waals surface area contributed by atoms with Gasteiger partial charge in [-0.2, -0.15) is 0 Å². The average Bonchev–Trinajstić information content (AvgIpc) is 2.90. The minimum atomic E-state index is -0.384. The number of carbonyl (C=O) groups is 1. The maximum Gasteiger partial charge on any atom is 0.332 e. The number of nitrogens with zero attached hydrogens (tertiary/aromatic N) is 2. The van der Waals surface area contributed by atoms with Gasteiger partial charge in [0.15, 0.2) is 0 Å². The highest BCUT2D eigenvalue weighted by Crippen LogP contribution is 2.26. The fraction of sp³-hybridized carbons (Fsp3) is 0.632. The highest BCUT2D eigenvalue weighted by molar-refractivity contribution is 7.18. The van der Waals surface area contributed by atoms with Crippen LogP contribution < -0.4 is 16.6 Å². The van der Waals surface area contributed by atoms with Crippen molar-refractivity contribution in [1.82, 2.24) is 14.5 Å². The number of nitrogens with one attached hydrogen (secondary N) is 1. The van der Waals surface area contributed by atoms with Crippen molar-refractivity contribution in [1.29, 1.82) is 0 Å². The molecule has 0 saturated heterocycles. The summed E-state index contributed by atoms with van der Waals surface area (Å²) in [5.41, 5.74) is 0.161. The van der Waals surface area contributed by atoms with Crippen molar-refractivity contribution in [3.8, 4) is 0 Å². The molecule has 2 heterocycles. The summed E-state index contributed by atoms with van der Waals surface area (Å²) in [6.07, 6.45) is 4.81. The third-order valence-electron chi connectivity index (χ3n) is 4.67. The Labute approximate surface area is 157 Å². The average molecular weight is 380 g/mol. The van der Waals surface area contributed by atoms with Crippen LogP contribution in [-0.2, 0) is 17.9 Å². The second-order valence-electron chi connectivity index (χ2n) is 6.70. The summed E-state index contributed by atoms with van der Waals surface area (Å²) in [5, 5.41) is 3.36. The maximum absolute atomic E-state index is 12.9. The first kappa shape index (κ1) is 20.4. The second-order valence-corrected chi connectivity index (χ2v) is 7.90. The maximum atomic E-state index is 12.9. The van der Waals surface area contributed by atoms with Gasteiger partial charge in [0.2, 0.25) is 5.91 Å². The Hall–Kier alpha value is -1.89. The fourth-order valence-corrected chi connectivity index (χ4v) is 4.13. The first-order valence-electron chi connectivity index (χ1n) is 9.42. The molecule has 0 atom stereocenters. The summed E-state index contributed by atoms with van der Waals surface area (Å²) in [6.45, 7) is 8.93. The molecule has 0 aromatic carbocycles. The predicted octanol–water partition coefficient (Wildman–Crippen LogP) is 2.95. The minimum Gasteiger partial charge on any atom is -0.355 e. The lowest BCUT2D eigenvalue weighted by Crippen LogP contribution is -2.43. The van der Waals surface area contributed by atoms with Crippen LogP contribution in [-0.4, -0.2) is 21.6 Å². The zero-order valence-corrected chi connectivity index (χ0v) is 17.0. The Kier molecular flexibility index (Phi) is 7.20. The van der Waals surface area contributed by atoms with Crippen LogP contribution in [0, 0.1) is 13.8 Å². The van der Waals surface area contributed by atoms with E-state index in [1.165, 1.54) is 11.3 Å². The summed E-state index contributed by atoms with van der Waals surface area (Å²) in [4.78, 5) is 39.8. The summed E-state index contributed by atoms with van der Waals surface area (Å²) < 4.78 is 2.77. The quantitative estimate of drug-likeness (QED) is 0.681. The molecule has 0 bridgehead atoms. The zero-order valence-electron chi connectivity index (χ0n) is 16.2. The standard InChI is InChI=1S/C19H29N3O3S/c1-5-7-9-11-21-18-16(13(3)14(4)26-18)17(24)22(19(21)25)12-15(23)20-10-8-6-2/h5-12H2,1-4H3,(H,20,23). The number of unbranched alkanes of at least 4 members (excludes halogenated alkanes) is 3. The normalized spacial score (nSPS) is 11.2. The number of rotatable bonds is 9. The van der Waals surface area contributed by atoms with Gasteiger partial charge in [0.05, 0.1) is 5.39 Å². The highest BCUT2D eigenvalue weighted by atomic mass is 32.1. The molecule has 7 heteroatoms. The van der Waals surface area contributed by atoms with Crippen LogP contribution in [0.2, 0.25) is 0 Å². The van der Waals surface area contributed by atoms with Gasteiger partial charge >= 0.3 is 5.69 Å². The van der Waals surface area contributed by atoms with Crippen molar-refractivity contribution >= 4 is 27.5 Å². The molecule has 2 rings (SSSR count). The Morgan fingerprint density at radius 1 is 1.04 bits per heavy atom. The van der Waals surface area contributed by atoms with E-state index in [1.807, 2.05) is 20.8 Å². The lowest BCUT2D eigenvalue weighted by Gasteiger charge is -2.12. The van der Waals surface area contributed by atoms with Gasteiger partial charge in [0.1, 0.15) is 11.4 Å². The van der Waals surface area contributed by atoms with Gasteiger partial charge in [-0.15, -0.1) is 11.3 Å². The molecule has 144 valence electrons. The van der Waals surface area contributed by atoms with Gasteiger partial charge in [-0.3, -0.25) is 18.7 Å². The van der Waals surface area contributed by atoms with Crippen molar-refractivity contribution in [3.05, 3.63) is 31.3 Å². The largest absolute Gasteiger partial charge is 0.355 e. The van der Waals surface area contributed by atoms with Gasteiger partial charge in [0, 0.05) is 18.0 Å². The topological polar surface area (TPSA) is 73.1 Å². The van der Waals surface area contributed by atoms with E-state index < -0.39 is 0 Å². The number of thiophene rings is 1. The molecule has 1 N–H and O–H groups in total. The number of aromatic nitrogens is 2. The van der Waals surface area contributed by atoms with Crippen LogP contribution in [0.4, 0.5) is 0 Å². The molecule has 0 aliphatic carbocycles. The minimum absolute atomic E-state index is 0.223. The van der Waals surface area contributed by atoms with Gasteiger partial charge in [-0.25, -0.2) is 4.79 Å². The van der Waals surface area contributed by atoms with Crippen molar-refractivity contribution in [2.45, 2.75) is 72.9 Å². The van der Waals surface area contributed by atoms with E-state index in [0.29, 0.717) is 18.5 Å². The van der Waals surface area contributed by atoms with Crippen LogP contribution in [0.1, 0.15) is 56.4 Å². The van der Waals surface area contributed by atoms with E-state index in [4.69, 9.17) is 0 Å². The van der Waals surface area contributed by atoms with Crippen LogP contribution >= 0.6 is 11.3 Å². The molecular weight excluding hydrogens is 350 g/mol. The molecule has 0 unspecified atom stereocenters. The Bertz CT molecular complexity index is 892. The van der Waals surface area contributed by atoms with Crippen molar-refractivity contribution in [2.24, 2.45) is 0 Å². The molecular formula is C19H29N3O3S. The lowest BCUT2D eigenvalue weighted by molar-refractivity contribution is -0.121. The highest BCUT2D eigenvalue weighted by Gasteiger charge is 2.19. The molecule has 2 aromatic heterocycles. The monoisotopic (exact) mass is 379 g/mol. The van der Waals surface area contributed by atoms with Gasteiger partial charge in [-0.05, 0) is 32.3 Å². The van der Waals surface area contributed by atoms with Gasteiger partial charge in [0.25, 0.3) is 5.56 Å². The van der Waals surface area contributed by atoms with E-state index in [0.717, 1.165) is 51.9 Å². The Balaban J connectivity index is 2.49. The van der Waals surface area contributed by atoms with E-state index in [9.17, 15) is 14.4 Å². The number of aryl methyl sites for hydroxylation is 3. The summed E-state index contributed by atoms with van der Waals surface area (Å²) in [7, 11) is 0. The van der Waals surface area contributed by atoms with Crippen LogP contribution in [0.5, 0.6) is 0 Å². The van der Waals surface area contributed by atoms with E-state index in [-0.39, 0.29) is 23.7 Å². The Morgan fingerprint density at radius 3 is 2.38 bits per heavy atom. The molecule has 0 radical (unpaired) electrons. The first-order valence-corrected chi connectivity index (χ1v) is 10.2.